The van der Waals surface area contributed by atoms with Gasteiger partial charge in [0.05, 0.1) is 0 Å². The van der Waals surface area contributed by atoms with E-state index in [1.165, 1.54) is 0 Å². The Bertz CT molecular complexity index is 19.7. The molecule has 6 heteroatoms. The van der Waals surface area contributed by atoms with Gasteiger partial charge in [0.25, 0.3) is 0 Å². The van der Waals surface area contributed by atoms with Gasteiger partial charge in [0.15, 0.2) is 17.4 Å². The molecule has 0 fully saturated rings. The van der Waals surface area contributed by atoms with E-state index in [0.717, 1.165) is 20.4 Å². The van der Waals surface area contributed by atoms with Gasteiger partial charge in [-0.1, -0.05) is 0 Å². The first-order valence-electron chi connectivity index (χ1n) is 0.204. The molecule has 0 aromatic heterocycles. The van der Waals surface area contributed by atoms with Crippen molar-refractivity contribution in [2.75, 3.05) is 0 Å². The van der Waals surface area contributed by atoms with Crippen molar-refractivity contribution in [2.24, 2.45) is 0 Å². The summed E-state index contributed by atoms with van der Waals surface area (Å²) in [5.74, 6) is 0. The van der Waals surface area contributed by atoms with Crippen LogP contribution < -0.4 is 18.9 Å². The average Bonchev–Trinajstić information content (AvgIpc) is 1.00. The van der Waals surface area contributed by atoms with Crippen LogP contribution in [0.5, 0.6) is 0 Å². The van der Waals surface area contributed by atoms with Crippen LogP contribution in [0.15, 0.2) is 0 Å². The topological polar surface area (TPSA) is 17.1 Å². The van der Waals surface area contributed by atoms with Crippen LogP contribution in [-0.2, 0) is 57.0 Å². The van der Waals surface area contributed by atoms with Crippen molar-refractivity contribution in [2.45, 2.75) is 0 Å². The SMILES string of the molecule is [AlH3].[Co].[H-].[Li+].[Ni].[O]=[Ti]. The first-order chi connectivity index (χ1) is 1.00. The third-order valence-corrected chi connectivity index (χ3v) is 0. The molecule has 0 bridgehead atoms. The number of hydrogen-bond donors (Lipinski definition) is 0. The summed E-state index contributed by atoms with van der Waals surface area (Å²) < 4.78 is 8.25. The van der Waals surface area contributed by atoms with Gasteiger partial charge in [0.2, 0.25) is 0 Å². The van der Waals surface area contributed by atoms with E-state index in [0.29, 0.717) is 0 Å². The zero-order chi connectivity index (χ0) is 2.00. The van der Waals surface area contributed by atoms with E-state index < -0.39 is 0 Å². The number of rotatable bonds is 0. The van der Waals surface area contributed by atoms with Crippen molar-refractivity contribution in [3.8, 4) is 0 Å². The Morgan fingerprint density at radius 3 is 1.33 bits per heavy atom. The second kappa shape index (κ2) is 48.3. The van der Waals surface area contributed by atoms with Crippen LogP contribution in [0.1, 0.15) is 1.43 Å². The molecule has 0 aromatic carbocycles. The maximum atomic E-state index is 8.25. The normalized spacial score (nSPS) is 0.500. The van der Waals surface area contributed by atoms with Crippen molar-refractivity contribution in [3.05, 3.63) is 0 Å². The van der Waals surface area contributed by atoms with Crippen LogP contribution in [-0.4, -0.2) is 17.4 Å². The fraction of sp³-hybridized carbons (Fsp3) is 0. The second-order valence-electron chi connectivity index (χ2n) is 0. The van der Waals surface area contributed by atoms with E-state index in [-0.39, 0.29) is 70.9 Å². The van der Waals surface area contributed by atoms with Crippen molar-refractivity contribution in [3.63, 3.8) is 0 Å². The van der Waals surface area contributed by atoms with Crippen LogP contribution >= 0.6 is 0 Å². The van der Waals surface area contributed by atoms with Gasteiger partial charge in [0, 0.05) is 33.3 Å². The molecule has 0 saturated heterocycles. The first kappa shape index (κ1) is 38.0. The molecule has 0 N–H and O–H groups in total. The van der Waals surface area contributed by atoms with Crippen LogP contribution in [0.4, 0.5) is 0 Å². The fourth-order valence-electron chi connectivity index (χ4n) is 0. The average molecular weight is 219 g/mol. The summed E-state index contributed by atoms with van der Waals surface area (Å²) >= 11 is 0.750. The molecule has 0 saturated carbocycles. The van der Waals surface area contributed by atoms with E-state index in [1.807, 2.05) is 0 Å². The van der Waals surface area contributed by atoms with Crippen LogP contribution in [0.3, 0.4) is 0 Å². The predicted octanol–water partition coefficient (Wildman–Crippen LogP) is -4.19. The first-order valence-corrected chi connectivity index (χ1v) is 0.842. The third-order valence-electron chi connectivity index (χ3n) is 0. The van der Waals surface area contributed by atoms with Gasteiger partial charge in [0.1, 0.15) is 0 Å². The van der Waals surface area contributed by atoms with Crippen molar-refractivity contribution >= 4 is 17.4 Å². The van der Waals surface area contributed by atoms with Gasteiger partial charge in [-0.15, -0.1) is 0 Å². The summed E-state index contributed by atoms with van der Waals surface area (Å²) in [5.41, 5.74) is 0. The Hall–Kier alpha value is 2.64. The maximum absolute atomic E-state index is 8.25. The molecule has 0 unspecified atom stereocenters. The van der Waals surface area contributed by atoms with Crippen molar-refractivity contribution in [1.82, 2.24) is 0 Å². The predicted molar refractivity (Wildman–Crippen MR) is 11.7 cm³/mol. The molecule has 0 aromatic rings. The Labute approximate surface area is 93.4 Å². The molecule has 0 atom stereocenters. The summed E-state index contributed by atoms with van der Waals surface area (Å²) in [4.78, 5) is 0. The van der Waals surface area contributed by atoms with E-state index >= 15 is 0 Å². The monoisotopic (exact) mass is 219 g/mol. The summed E-state index contributed by atoms with van der Waals surface area (Å²) in [6, 6.07) is 0. The molecule has 0 aliphatic heterocycles. The Kier molecular flexibility index (Phi) is 306. The van der Waals surface area contributed by atoms with E-state index in [2.05, 4.69) is 0 Å². The second-order valence-corrected chi connectivity index (χ2v) is 0. The minimum atomic E-state index is 0. The quantitative estimate of drug-likeness (QED) is 0.378. The summed E-state index contributed by atoms with van der Waals surface area (Å²) in [5, 5.41) is 0. The van der Waals surface area contributed by atoms with Crippen molar-refractivity contribution in [1.29, 1.82) is 0 Å². The van der Waals surface area contributed by atoms with Gasteiger partial charge in [-0.05, 0) is 0 Å². The molecular formula is H4AlCoLiNiOTi. The summed E-state index contributed by atoms with van der Waals surface area (Å²) in [6.07, 6.45) is 0. The van der Waals surface area contributed by atoms with Gasteiger partial charge < -0.3 is 1.43 Å². The number of hydrogen-bond acceptors (Lipinski definition) is 1. The Morgan fingerprint density at radius 1 is 1.33 bits per heavy atom. The fourth-order valence-corrected chi connectivity index (χ4v) is 0. The molecule has 1 radical (unpaired) electrons. The van der Waals surface area contributed by atoms with Gasteiger partial charge in [-0.2, -0.15) is 0 Å². The van der Waals surface area contributed by atoms with Crippen LogP contribution in [0.25, 0.3) is 0 Å². The van der Waals surface area contributed by atoms with Gasteiger partial charge in [-0.25, -0.2) is 0 Å². The van der Waals surface area contributed by atoms with E-state index in [4.69, 9.17) is 3.32 Å². The zero-order valence-electron chi connectivity index (χ0n) is 3.56. The molecule has 0 heterocycles. The molecule has 0 amide bonds. The van der Waals surface area contributed by atoms with E-state index in [1.54, 1.807) is 0 Å². The molecule has 0 rings (SSSR count). The standard InChI is InChI=1S/Al.Co.Li.Ni.O.Ti.4H/q;;+1;;;;;;;-1. The Morgan fingerprint density at radius 2 is 1.33 bits per heavy atom. The molecule has 6 heavy (non-hydrogen) atoms. The third kappa shape index (κ3) is 30.3. The molecule has 37 valence electrons. The van der Waals surface area contributed by atoms with Crippen LogP contribution in [0.2, 0.25) is 0 Å². The van der Waals surface area contributed by atoms with E-state index in [9.17, 15) is 0 Å². The molecular weight excluding hydrogens is 215 g/mol. The van der Waals surface area contributed by atoms with Crippen molar-refractivity contribution < 1.29 is 77.3 Å². The molecule has 0 aliphatic rings. The molecule has 1 nitrogen and oxygen atoms in total. The van der Waals surface area contributed by atoms with Crippen LogP contribution in [0, 0.1) is 0 Å². The molecule has 0 aliphatic carbocycles. The minimum absolute atomic E-state index is 0. The summed E-state index contributed by atoms with van der Waals surface area (Å²) in [6.45, 7) is 0. The van der Waals surface area contributed by atoms with Gasteiger partial charge >= 0.3 is 42.6 Å². The molecule has 0 spiro atoms. The zero-order valence-corrected chi connectivity index (χ0v) is 6.15. The van der Waals surface area contributed by atoms with Gasteiger partial charge in [-0.3, -0.25) is 0 Å². The summed E-state index contributed by atoms with van der Waals surface area (Å²) in [7, 11) is 0. The Balaban J connectivity index is -0.000000000500.